The largest absolute Gasteiger partial charge is 0.300 e. The number of carbonyl (C=O) groups is 1. The number of amides is 1. The molecule has 0 bridgehead atoms. The lowest BCUT2D eigenvalue weighted by molar-refractivity contribution is -0.115. The van der Waals surface area contributed by atoms with Gasteiger partial charge in [-0.15, -0.1) is 0 Å². The van der Waals surface area contributed by atoms with E-state index < -0.39 is 0 Å². The number of carbonyl (C=O) groups excluding carboxylic acids is 1. The van der Waals surface area contributed by atoms with Crippen molar-refractivity contribution in [1.29, 1.82) is 0 Å². The number of nitrogens with zero attached hydrogens (tertiary/aromatic N) is 2. The highest BCUT2D eigenvalue weighted by Crippen LogP contribution is 2.28. The van der Waals surface area contributed by atoms with Gasteiger partial charge >= 0.3 is 0 Å². The van der Waals surface area contributed by atoms with Gasteiger partial charge in [0.1, 0.15) is 0 Å². The Morgan fingerprint density at radius 3 is 2.81 bits per heavy atom. The van der Waals surface area contributed by atoms with Crippen molar-refractivity contribution in [2.45, 2.75) is 6.92 Å². The molecule has 0 spiro atoms. The first-order valence-corrected chi connectivity index (χ1v) is 7.29. The maximum Gasteiger partial charge on any atom is 0.264 e. The lowest BCUT2D eigenvalue weighted by Gasteiger charge is -1.97. The number of hydrogen-bond donors (Lipinski definition) is 1. The summed E-state index contributed by atoms with van der Waals surface area (Å²) in [5.74, 6) is -0.122. The van der Waals surface area contributed by atoms with Crippen LogP contribution < -0.4 is 5.32 Å². The van der Waals surface area contributed by atoms with Crippen molar-refractivity contribution in [3.63, 3.8) is 0 Å². The third-order valence-corrected chi connectivity index (χ3v) is 3.80. The Morgan fingerprint density at radius 2 is 2.05 bits per heavy atom. The molecule has 1 aliphatic rings. The molecule has 1 amide bonds. The molecule has 1 aromatic carbocycles. The Hall–Kier alpha value is -2.40. The van der Waals surface area contributed by atoms with E-state index in [1.807, 2.05) is 49.4 Å². The molecule has 4 nitrogen and oxygen atoms in total. The molecule has 2 heterocycles. The lowest BCUT2D eigenvalue weighted by atomic mass is 10.2. The molecule has 1 aromatic heterocycles. The van der Waals surface area contributed by atoms with Gasteiger partial charge in [-0.2, -0.15) is 0 Å². The van der Waals surface area contributed by atoms with Gasteiger partial charge in [0.25, 0.3) is 5.91 Å². The molecule has 21 heavy (non-hydrogen) atoms. The van der Waals surface area contributed by atoms with Crippen LogP contribution in [-0.4, -0.2) is 16.1 Å². The molecule has 0 radical (unpaired) electrons. The molecule has 1 saturated heterocycles. The maximum absolute atomic E-state index is 11.9. The number of aromatic nitrogens is 1. The van der Waals surface area contributed by atoms with Crippen LogP contribution in [-0.2, 0) is 4.79 Å². The average molecular weight is 295 g/mol. The zero-order chi connectivity index (χ0) is 14.7. The summed E-state index contributed by atoms with van der Waals surface area (Å²) in [7, 11) is 0. The maximum atomic E-state index is 11.9. The summed E-state index contributed by atoms with van der Waals surface area (Å²) in [6.45, 7) is 2.01. The third-order valence-electron chi connectivity index (χ3n) is 2.89. The molecule has 1 aliphatic heterocycles. The Bertz CT molecular complexity index is 738. The molecule has 0 atom stereocenters. The van der Waals surface area contributed by atoms with Crippen LogP contribution in [0.15, 0.2) is 58.7 Å². The van der Waals surface area contributed by atoms with Gasteiger partial charge in [0.2, 0.25) is 0 Å². The molecule has 3 rings (SSSR count). The molecule has 0 unspecified atom stereocenters. The normalized spacial score (nSPS) is 18.2. The second kappa shape index (κ2) is 5.93. The fourth-order valence-electron chi connectivity index (χ4n) is 1.91. The first-order valence-electron chi connectivity index (χ1n) is 6.47. The number of benzene rings is 1. The Morgan fingerprint density at radius 1 is 1.24 bits per heavy atom. The summed E-state index contributed by atoms with van der Waals surface area (Å²) >= 11 is 1.34. The smallest absolute Gasteiger partial charge is 0.264 e. The summed E-state index contributed by atoms with van der Waals surface area (Å²) in [4.78, 5) is 21.0. The van der Waals surface area contributed by atoms with E-state index in [1.165, 1.54) is 11.8 Å². The van der Waals surface area contributed by atoms with Crippen molar-refractivity contribution in [3.8, 4) is 0 Å². The van der Waals surface area contributed by atoms with Crippen LogP contribution in [0.2, 0.25) is 0 Å². The molecule has 1 N–H and O–H groups in total. The van der Waals surface area contributed by atoms with Crippen molar-refractivity contribution >= 4 is 34.6 Å². The second-order valence-electron chi connectivity index (χ2n) is 4.60. The summed E-state index contributed by atoms with van der Waals surface area (Å²) in [5, 5.41) is 3.38. The Kier molecular flexibility index (Phi) is 3.83. The number of aliphatic imine (C=N–C) groups is 1. The van der Waals surface area contributed by atoms with Gasteiger partial charge in [-0.05, 0) is 60.2 Å². The fraction of sp³-hybridized carbons (Fsp3) is 0.0625. The van der Waals surface area contributed by atoms with Gasteiger partial charge in [0.15, 0.2) is 5.17 Å². The van der Waals surface area contributed by atoms with E-state index in [1.54, 1.807) is 12.4 Å². The summed E-state index contributed by atoms with van der Waals surface area (Å²) in [6.07, 6.45) is 5.23. The van der Waals surface area contributed by atoms with E-state index in [9.17, 15) is 4.79 Å². The van der Waals surface area contributed by atoms with E-state index in [-0.39, 0.29) is 5.91 Å². The van der Waals surface area contributed by atoms with Gasteiger partial charge in [-0.3, -0.25) is 9.78 Å². The molecule has 5 heteroatoms. The monoisotopic (exact) mass is 295 g/mol. The zero-order valence-electron chi connectivity index (χ0n) is 11.4. The van der Waals surface area contributed by atoms with E-state index in [0.29, 0.717) is 10.1 Å². The summed E-state index contributed by atoms with van der Waals surface area (Å²) in [5.41, 5.74) is 2.92. The van der Waals surface area contributed by atoms with Gasteiger partial charge in [0, 0.05) is 12.4 Å². The number of amidine groups is 1. The van der Waals surface area contributed by atoms with Crippen LogP contribution in [0.4, 0.5) is 5.69 Å². The molecular weight excluding hydrogens is 282 g/mol. The number of aryl methyl sites for hydroxylation is 1. The van der Waals surface area contributed by atoms with Gasteiger partial charge in [0.05, 0.1) is 10.6 Å². The van der Waals surface area contributed by atoms with Crippen molar-refractivity contribution in [2.75, 3.05) is 0 Å². The van der Waals surface area contributed by atoms with Crippen LogP contribution in [0.1, 0.15) is 11.1 Å². The topological polar surface area (TPSA) is 54.4 Å². The first-order chi connectivity index (χ1) is 10.2. The fourth-order valence-corrected chi connectivity index (χ4v) is 2.75. The van der Waals surface area contributed by atoms with Crippen molar-refractivity contribution in [2.24, 2.45) is 4.99 Å². The minimum Gasteiger partial charge on any atom is -0.300 e. The summed E-state index contributed by atoms with van der Waals surface area (Å²) in [6, 6.07) is 11.6. The highest BCUT2D eigenvalue weighted by atomic mass is 32.2. The molecule has 0 saturated carbocycles. The van der Waals surface area contributed by atoms with Crippen LogP contribution in [0.3, 0.4) is 0 Å². The number of rotatable bonds is 2. The Labute approximate surface area is 127 Å². The predicted octanol–water partition coefficient (Wildman–Crippen LogP) is 3.28. The summed E-state index contributed by atoms with van der Waals surface area (Å²) < 4.78 is 0. The molecule has 104 valence electrons. The van der Waals surface area contributed by atoms with Gasteiger partial charge < -0.3 is 5.32 Å². The second-order valence-corrected chi connectivity index (χ2v) is 5.63. The van der Waals surface area contributed by atoms with Crippen molar-refractivity contribution in [1.82, 2.24) is 10.3 Å². The number of nitrogens with one attached hydrogen (secondary N) is 1. The third kappa shape index (κ3) is 3.38. The van der Waals surface area contributed by atoms with E-state index in [4.69, 9.17) is 0 Å². The quantitative estimate of drug-likeness (QED) is 0.865. The SMILES string of the molecule is Cc1cccc(N=C2NC(=O)C(=Cc3ccncc3)S2)c1. The Balaban J connectivity index is 1.83. The minimum absolute atomic E-state index is 0.122. The average Bonchev–Trinajstić information content (AvgIpc) is 2.80. The van der Waals surface area contributed by atoms with Crippen LogP contribution in [0.5, 0.6) is 0 Å². The van der Waals surface area contributed by atoms with Gasteiger partial charge in [-0.1, -0.05) is 12.1 Å². The molecule has 0 aliphatic carbocycles. The van der Waals surface area contributed by atoms with E-state index >= 15 is 0 Å². The molecular formula is C16H13N3OS. The lowest BCUT2D eigenvalue weighted by Crippen LogP contribution is -2.19. The standard InChI is InChI=1S/C16H13N3OS/c1-11-3-2-4-13(9-11)18-16-19-15(20)14(21-16)10-12-5-7-17-8-6-12/h2-10H,1H3,(H,18,19,20). The number of thioether (sulfide) groups is 1. The van der Waals surface area contributed by atoms with Crippen molar-refractivity contribution < 1.29 is 4.79 Å². The highest BCUT2D eigenvalue weighted by molar-refractivity contribution is 8.18. The number of hydrogen-bond acceptors (Lipinski definition) is 4. The van der Waals surface area contributed by atoms with Crippen LogP contribution >= 0.6 is 11.8 Å². The minimum atomic E-state index is -0.122. The molecule has 1 fully saturated rings. The molecule has 2 aromatic rings. The van der Waals surface area contributed by atoms with E-state index in [2.05, 4.69) is 15.3 Å². The highest BCUT2D eigenvalue weighted by Gasteiger charge is 2.23. The predicted molar refractivity (Wildman–Crippen MR) is 86.2 cm³/mol. The van der Waals surface area contributed by atoms with Crippen LogP contribution in [0.25, 0.3) is 6.08 Å². The van der Waals surface area contributed by atoms with Gasteiger partial charge in [-0.25, -0.2) is 4.99 Å². The van der Waals surface area contributed by atoms with E-state index in [0.717, 1.165) is 16.8 Å². The first kappa shape index (κ1) is 13.6. The van der Waals surface area contributed by atoms with Crippen molar-refractivity contribution in [3.05, 3.63) is 64.8 Å². The number of pyridine rings is 1. The zero-order valence-corrected chi connectivity index (χ0v) is 12.2. The van der Waals surface area contributed by atoms with Crippen LogP contribution in [0, 0.1) is 6.92 Å².